The Balaban J connectivity index is 1.35. The molecule has 2 heterocycles. The van der Waals surface area contributed by atoms with Crippen molar-refractivity contribution in [1.82, 2.24) is 10.2 Å². The van der Waals surface area contributed by atoms with Crippen molar-refractivity contribution >= 4 is 23.2 Å². The molecular formula is C21H20N4O3. The Hall–Kier alpha value is -3.61. The molecule has 0 radical (unpaired) electrons. The largest absolute Gasteiger partial charge is 0.486 e. The third-order valence-corrected chi connectivity index (χ3v) is 4.23. The third-order valence-electron chi connectivity index (χ3n) is 4.23. The highest BCUT2D eigenvalue weighted by Gasteiger charge is 2.12. The van der Waals surface area contributed by atoms with E-state index in [-0.39, 0.29) is 5.91 Å². The molecule has 0 spiro atoms. The van der Waals surface area contributed by atoms with E-state index in [1.807, 2.05) is 49.4 Å². The number of nitrogens with one attached hydrogen (secondary N) is 2. The van der Waals surface area contributed by atoms with Gasteiger partial charge in [0.05, 0.1) is 6.42 Å². The number of fused-ring (bicyclic) bond motifs is 1. The summed E-state index contributed by atoms with van der Waals surface area (Å²) in [6.45, 7) is 3.11. The van der Waals surface area contributed by atoms with Crippen LogP contribution in [0.4, 0.5) is 17.3 Å². The van der Waals surface area contributed by atoms with Gasteiger partial charge in [-0.15, -0.1) is 10.2 Å². The summed E-state index contributed by atoms with van der Waals surface area (Å²) < 4.78 is 11.1. The summed E-state index contributed by atoms with van der Waals surface area (Å²) in [7, 11) is 0. The zero-order chi connectivity index (χ0) is 19.3. The highest BCUT2D eigenvalue weighted by molar-refractivity contribution is 5.91. The second-order valence-electron chi connectivity index (χ2n) is 6.50. The number of anilines is 3. The van der Waals surface area contributed by atoms with Gasteiger partial charge in [-0.25, -0.2) is 0 Å². The smallest absolute Gasteiger partial charge is 0.229 e. The van der Waals surface area contributed by atoms with Gasteiger partial charge in [0.2, 0.25) is 5.91 Å². The standard InChI is InChI=1S/C21H20N4O3/c1-14-2-4-15(5-3-14)12-21(26)23-20-9-8-19(24-25-20)22-16-6-7-17-18(13-16)28-11-10-27-17/h2-9,13H,10-12H2,1H3,(H,22,24)(H,23,25,26). The second-order valence-corrected chi connectivity index (χ2v) is 6.50. The number of nitrogens with zero attached hydrogens (tertiary/aromatic N) is 2. The minimum absolute atomic E-state index is 0.134. The first-order valence-corrected chi connectivity index (χ1v) is 9.01. The van der Waals surface area contributed by atoms with Crippen molar-refractivity contribution in [1.29, 1.82) is 0 Å². The van der Waals surface area contributed by atoms with E-state index in [2.05, 4.69) is 20.8 Å². The van der Waals surface area contributed by atoms with Crippen LogP contribution < -0.4 is 20.1 Å². The quantitative estimate of drug-likeness (QED) is 0.709. The van der Waals surface area contributed by atoms with Gasteiger partial charge in [0.1, 0.15) is 13.2 Å². The Labute approximate surface area is 162 Å². The molecule has 0 unspecified atom stereocenters. The number of rotatable bonds is 5. The Morgan fingerprint density at radius 2 is 1.64 bits per heavy atom. The van der Waals surface area contributed by atoms with Crippen LogP contribution in [0.3, 0.4) is 0 Å². The highest BCUT2D eigenvalue weighted by atomic mass is 16.6. The van der Waals surface area contributed by atoms with Crippen molar-refractivity contribution in [3.05, 3.63) is 65.7 Å². The van der Waals surface area contributed by atoms with Crippen molar-refractivity contribution in [2.45, 2.75) is 13.3 Å². The van der Waals surface area contributed by atoms with Gasteiger partial charge < -0.3 is 20.1 Å². The van der Waals surface area contributed by atoms with Gasteiger partial charge in [-0.1, -0.05) is 29.8 Å². The summed E-state index contributed by atoms with van der Waals surface area (Å²) in [6.07, 6.45) is 0.291. The Morgan fingerprint density at radius 1 is 0.929 bits per heavy atom. The number of hydrogen-bond acceptors (Lipinski definition) is 6. The molecule has 0 aliphatic carbocycles. The summed E-state index contributed by atoms with van der Waals surface area (Å²) >= 11 is 0. The molecule has 7 heteroatoms. The van der Waals surface area contributed by atoms with E-state index in [1.54, 1.807) is 12.1 Å². The monoisotopic (exact) mass is 376 g/mol. The fourth-order valence-electron chi connectivity index (χ4n) is 2.81. The minimum Gasteiger partial charge on any atom is -0.486 e. The lowest BCUT2D eigenvalue weighted by atomic mass is 10.1. The molecule has 2 aromatic carbocycles. The zero-order valence-corrected chi connectivity index (χ0v) is 15.4. The molecule has 4 rings (SSSR count). The van der Waals surface area contributed by atoms with E-state index in [4.69, 9.17) is 9.47 Å². The van der Waals surface area contributed by atoms with E-state index in [9.17, 15) is 4.79 Å². The van der Waals surface area contributed by atoms with Crippen LogP contribution in [0.5, 0.6) is 11.5 Å². The number of aromatic nitrogens is 2. The number of hydrogen-bond donors (Lipinski definition) is 2. The molecule has 7 nitrogen and oxygen atoms in total. The van der Waals surface area contributed by atoms with Crippen molar-refractivity contribution < 1.29 is 14.3 Å². The lowest BCUT2D eigenvalue weighted by Gasteiger charge is -2.19. The number of aryl methyl sites for hydroxylation is 1. The molecule has 1 aromatic heterocycles. The van der Waals surface area contributed by atoms with Crippen LogP contribution in [0.25, 0.3) is 0 Å². The lowest BCUT2D eigenvalue weighted by Crippen LogP contribution is -2.16. The van der Waals surface area contributed by atoms with E-state index >= 15 is 0 Å². The first-order chi connectivity index (χ1) is 13.7. The predicted molar refractivity (Wildman–Crippen MR) is 106 cm³/mol. The van der Waals surface area contributed by atoms with Gasteiger partial charge in [-0.05, 0) is 36.8 Å². The molecule has 0 atom stereocenters. The van der Waals surface area contributed by atoms with E-state index < -0.39 is 0 Å². The van der Waals surface area contributed by atoms with Gasteiger partial charge >= 0.3 is 0 Å². The number of ether oxygens (including phenoxy) is 2. The van der Waals surface area contributed by atoms with E-state index in [1.165, 1.54) is 0 Å². The van der Waals surface area contributed by atoms with Crippen LogP contribution in [-0.4, -0.2) is 29.3 Å². The lowest BCUT2D eigenvalue weighted by molar-refractivity contribution is -0.115. The van der Waals surface area contributed by atoms with Crippen LogP contribution in [0.15, 0.2) is 54.6 Å². The van der Waals surface area contributed by atoms with Gasteiger partial charge in [-0.2, -0.15) is 0 Å². The fraction of sp³-hybridized carbons (Fsp3) is 0.190. The van der Waals surface area contributed by atoms with Crippen LogP contribution in [0.2, 0.25) is 0 Å². The summed E-state index contributed by atoms with van der Waals surface area (Å²) in [5, 5.41) is 14.1. The first kappa shape index (κ1) is 17.8. The molecule has 1 amide bonds. The molecule has 0 saturated carbocycles. The summed E-state index contributed by atoms with van der Waals surface area (Å²) in [5.41, 5.74) is 2.93. The normalized spacial score (nSPS) is 12.3. The average Bonchev–Trinajstić information content (AvgIpc) is 2.71. The van der Waals surface area contributed by atoms with Crippen LogP contribution in [0, 0.1) is 6.92 Å². The maximum Gasteiger partial charge on any atom is 0.229 e. The molecule has 142 valence electrons. The minimum atomic E-state index is -0.134. The maximum atomic E-state index is 12.2. The van der Waals surface area contributed by atoms with Gasteiger partial charge in [-0.3, -0.25) is 4.79 Å². The van der Waals surface area contributed by atoms with Crippen molar-refractivity contribution in [3.63, 3.8) is 0 Å². The number of carbonyl (C=O) groups is 1. The van der Waals surface area contributed by atoms with Crippen LogP contribution in [0.1, 0.15) is 11.1 Å². The number of carbonyl (C=O) groups excluding carboxylic acids is 1. The SMILES string of the molecule is Cc1ccc(CC(=O)Nc2ccc(Nc3ccc4c(c3)OCCO4)nn2)cc1. The van der Waals surface area contributed by atoms with E-state index in [0.717, 1.165) is 22.6 Å². The van der Waals surface area contributed by atoms with Crippen molar-refractivity contribution in [2.24, 2.45) is 0 Å². The summed E-state index contributed by atoms with van der Waals surface area (Å²) in [6, 6.07) is 16.9. The first-order valence-electron chi connectivity index (χ1n) is 9.01. The molecule has 0 fully saturated rings. The average molecular weight is 376 g/mol. The van der Waals surface area contributed by atoms with Gasteiger partial charge in [0.15, 0.2) is 23.1 Å². The van der Waals surface area contributed by atoms with Crippen LogP contribution in [-0.2, 0) is 11.2 Å². The Kier molecular flexibility index (Phi) is 5.05. The second kappa shape index (κ2) is 7.96. The van der Waals surface area contributed by atoms with Gasteiger partial charge in [0.25, 0.3) is 0 Å². The molecular weight excluding hydrogens is 356 g/mol. The topological polar surface area (TPSA) is 85.4 Å². The maximum absolute atomic E-state index is 12.2. The fourth-order valence-corrected chi connectivity index (χ4v) is 2.81. The molecule has 0 bridgehead atoms. The predicted octanol–water partition coefficient (Wildman–Crippen LogP) is 3.48. The molecule has 0 saturated heterocycles. The highest BCUT2D eigenvalue weighted by Crippen LogP contribution is 2.33. The van der Waals surface area contributed by atoms with Crippen LogP contribution >= 0.6 is 0 Å². The zero-order valence-electron chi connectivity index (χ0n) is 15.4. The summed E-state index contributed by atoms with van der Waals surface area (Å²) in [4.78, 5) is 12.2. The molecule has 1 aliphatic rings. The Bertz CT molecular complexity index is 972. The summed E-state index contributed by atoms with van der Waals surface area (Å²) in [5.74, 6) is 2.27. The van der Waals surface area contributed by atoms with E-state index in [0.29, 0.717) is 37.0 Å². The number of benzene rings is 2. The van der Waals surface area contributed by atoms with Crippen molar-refractivity contribution in [2.75, 3.05) is 23.8 Å². The Morgan fingerprint density at radius 3 is 2.39 bits per heavy atom. The molecule has 28 heavy (non-hydrogen) atoms. The third kappa shape index (κ3) is 4.37. The molecule has 1 aliphatic heterocycles. The van der Waals surface area contributed by atoms with Gasteiger partial charge in [0, 0.05) is 11.8 Å². The van der Waals surface area contributed by atoms with Crippen molar-refractivity contribution in [3.8, 4) is 11.5 Å². The molecule has 2 N–H and O–H groups in total. The molecule has 3 aromatic rings. The number of amides is 1.